The van der Waals surface area contributed by atoms with Gasteiger partial charge in [-0.1, -0.05) is 31.0 Å². The summed E-state index contributed by atoms with van der Waals surface area (Å²) in [6, 6.07) is 12.8. The second-order valence-corrected chi connectivity index (χ2v) is 9.25. The number of aromatic nitrogens is 2. The van der Waals surface area contributed by atoms with Gasteiger partial charge in [0.25, 0.3) is 0 Å². The molecule has 0 bridgehead atoms. The van der Waals surface area contributed by atoms with Crippen LogP contribution >= 0.6 is 12.2 Å². The van der Waals surface area contributed by atoms with Crippen molar-refractivity contribution in [1.29, 1.82) is 0 Å². The highest BCUT2D eigenvalue weighted by molar-refractivity contribution is 7.80. The molecule has 0 amide bonds. The van der Waals surface area contributed by atoms with Gasteiger partial charge in [0, 0.05) is 71.3 Å². The van der Waals surface area contributed by atoms with Crippen LogP contribution in [0.25, 0.3) is 0 Å². The van der Waals surface area contributed by atoms with Crippen LogP contribution in [0.2, 0.25) is 0 Å². The van der Waals surface area contributed by atoms with Gasteiger partial charge in [0.05, 0.1) is 0 Å². The Labute approximate surface area is 208 Å². The van der Waals surface area contributed by atoms with E-state index in [0.717, 1.165) is 63.9 Å². The fourth-order valence-electron chi connectivity index (χ4n) is 4.50. The fourth-order valence-corrected chi connectivity index (χ4v) is 4.69. The molecule has 0 saturated carbocycles. The monoisotopic (exact) mass is 483 g/mol. The van der Waals surface area contributed by atoms with E-state index in [1.807, 2.05) is 0 Å². The zero-order chi connectivity index (χ0) is 23.6. The summed E-state index contributed by atoms with van der Waals surface area (Å²) >= 11 is 5.50. The van der Waals surface area contributed by atoms with Crippen LogP contribution in [0.5, 0.6) is 0 Å². The van der Waals surface area contributed by atoms with Crippen molar-refractivity contribution in [2.24, 2.45) is 0 Å². The van der Waals surface area contributed by atoms with Crippen LogP contribution in [0.15, 0.2) is 36.4 Å². The van der Waals surface area contributed by atoms with E-state index in [1.54, 1.807) is 7.11 Å². The molecule has 1 aromatic heterocycles. The first-order chi connectivity index (χ1) is 16.7. The molecule has 2 aliphatic rings. The largest absolute Gasteiger partial charge is 0.385 e. The average Bonchev–Trinajstić information content (AvgIpc) is 3.17. The van der Waals surface area contributed by atoms with E-state index in [-0.39, 0.29) is 0 Å². The third kappa shape index (κ3) is 6.93. The molecule has 2 fully saturated rings. The van der Waals surface area contributed by atoms with Gasteiger partial charge in [-0.2, -0.15) is 9.97 Å². The number of benzene rings is 1. The van der Waals surface area contributed by atoms with Gasteiger partial charge in [0.1, 0.15) is 11.6 Å². The number of anilines is 4. The maximum absolute atomic E-state index is 5.50. The Morgan fingerprint density at radius 1 is 0.882 bits per heavy atom. The normalized spacial score (nSPS) is 16.8. The third-order valence-electron chi connectivity index (χ3n) is 6.39. The molecule has 8 nitrogen and oxygen atoms in total. The third-order valence-corrected chi connectivity index (χ3v) is 6.64. The van der Waals surface area contributed by atoms with E-state index in [2.05, 4.69) is 61.7 Å². The second kappa shape index (κ2) is 12.7. The Hall–Kier alpha value is -2.65. The molecule has 3 heterocycles. The standard InChI is InChI=1S/C25H37N7OS/c1-33-19-9-12-26-25(34)29-24-27-22(31-13-7-2-3-8-14-31)20-23(28-24)32-17-15-30(16-18-32)21-10-5-4-6-11-21/h4-6,10-11,20H,2-3,7-9,12-19H2,1H3,(H2,26,27,28,29,34). The maximum Gasteiger partial charge on any atom is 0.232 e. The summed E-state index contributed by atoms with van der Waals surface area (Å²) in [4.78, 5) is 16.9. The first-order valence-electron chi connectivity index (χ1n) is 12.5. The SMILES string of the molecule is COCCCNC(=S)Nc1nc(N2CCCCCC2)cc(N2CCN(c3ccccc3)CC2)n1. The highest BCUT2D eigenvalue weighted by Crippen LogP contribution is 2.25. The van der Waals surface area contributed by atoms with E-state index in [4.69, 9.17) is 26.9 Å². The van der Waals surface area contributed by atoms with Crippen LogP contribution in [0.1, 0.15) is 32.1 Å². The zero-order valence-electron chi connectivity index (χ0n) is 20.2. The molecule has 9 heteroatoms. The van der Waals surface area contributed by atoms with Gasteiger partial charge in [0.15, 0.2) is 5.11 Å². The molecule has 2 saturated heterocycles. The molecule has 0 unspecified atom stereocenters. The maximum atomic E-state index is 5.50. The molecule has 2 aliphatic heterocycles. The van der Waals surface area contributed by atoms with Gasteiger partial charge in [-0.15, -0.1) is 0 Å². The molecule has 184 valence electrons. The van der Waals surface area contributed by atoms with Gasteiger partial charge in [0.2, 0.25) is 5.95 Å². The van der Waals surface area contributed by atoms with Crippen molar-refractivity contribution in [2.75, 3.05) is 79.5 Å². The van der Waals surface area contributed by atoms with E-state index < -0.39 is 0 Å². The number of para-hydroxylation sites is 1. The number of thiocarbonyl (C=S) groups is 1. The average molecular weight is 484 g/mol. The number of hydrogen-bond donors (Lipinski definition) is 2. The van der Waals surface area contributed by atoms with Crippen molar-refractivity contribution in [3.8, 4) is 0 Å². The molecule has 1 aromatic carbocycles. The number of nitrogens with one attached hydrogen (secondary N) is 2. The molecule has 0 atom stereocenters. The molecule has 34 heavy (non-hydrogen) atoms. The number of ether oxygens (including phenoxy) is 1. The van der Waals surface area contributed by atoms with Crippen molar-refractivity contribution in [2.45, 2.75) is 32.1 Å². The lowest BCUT2D eigenvalue weighted by Crippen LogP contribution is -2.47. The Morgan fingerprint density at radius 3 is 2.15 bits per heavy atom. The Balaban J connectivity index is 1.47. The van der Waals surface area contributed by atoms with Crippen LogP contribution in [-0.4, -0.2) is 74.6 Å². The number of piperazine rings is 1. The first kappa shape index (κ1) is 24.5. The van der Waals surface area contributed by atoms with Gasteiger partial charge in [-0.3, -0.25) is 0 Å². The number of methoxy groups -OCH3 is 1. The van der Waals surface area contributed by atoms with Gasteiger partial charge in [-0.25, -0.2) is 0 Å². The quantitative estimate of drug-likeness (QED) is 0.434. The van der Waals surface area contributed by atoms with Crippen molar-refractivity contribution in [1.82, 2.24) is 15.3 Å². The first-order valence-corrected chi connectivity index (χ1v) is 12.9. The summed E-state index contributed by atoms with van der Waals surface area (Å²) in [7, 11) is 1.71. The molecule has 2 aromatic rings. The predicted octanol–water partition coefficient (Wildman–Crippen LogP) is 3.51. The summed E-state index contributed by atoms with van der Waals surface area (Å²) in [5.74, 6) is 2.51. The van der Waals surface area contributed by atoms with Gasteiger partial charge < -0.3 is 30.1 Å². The summed E-state index contributed by atoms with van der Waals surface area (Å²) in [6.07, 6.45) is 5.88. The van der Waals surface area contributed by atoms with Crippen molar-refractivity contribution < 1.29 is 4.74 Å². The summed E-state index contributed by atoms with van der Waals surface area (Å²) in [5.41, 5.74) is 1.28. The summed E-state index contributed by atoms with van der Waals surface area (Å²) < 4.78 is 5.11. The van der Waals surface area contributed by atoms with Crippen LogP contribution in [0.3, 0.4) is 0 Å². The van der Waals surface area contributed by atoms with E-state index in [0.29, 0.717) is 17.7 Å². The Kier molecular flexibility index (Phi) is 9.15. The highest BCUT2D eigenvalue weighted by Gasteiger charge is 2.21. The van der Waals surface area contributed by atoms with Crippen LogP contribution in [0.4, 0.5) is 23.3 Å². The number of nitrogens with zero attached hydrogens (tertiary/aromatic N) is 5. The van der Waals surface area contributed by atoms with Gasteiger partial charge in [-0.05, 0) is 43.6 Å². The van der Waals surface area contributed by atoms with Crippen LogP contribution in [-0.2, 0) is 4.74 Å². The van der Waals surface area contributed by atoms with Crippen molar-refractivity contribution in [3.63, 3.8) is 0 Å². The minimum atomic E-state index is 0.545. The smallest absolute Gasteiger partial charge is 0.232 e. The molecule has 4 rings (SSSR count). The molecular weight excluding hydrogens is 446 g/mol. The molecule has 2 N–H and O–H groups in total. The number of hydrogen-bond acceptors (Lipinski definition) is 7. The number of rotatable bonds is 8. The van der Waals surface area contributed by atoms with E-state index in [9.17, 15) is 0 Å². The molecular formula is C25H37N7OS. The highest BCUT2D eigenvalue weighted by atomic mass is 32.1. The minimum absolute atomic E-state index is 0.545. The van der Waals surface area contributed by atoms with Gasteiger partial charge >= 0.3 is 0 Å². The zero-order valence-corrected chi connectivity index (χ0v) is 21.0. The summed E-state index contributed by atoms with van der Waals surface area (Å²) in [6.45, 7) is 7.31. The molecule has 0 aliphatic carbocycles. The molecule has 0 spiro atoms. The van der Waals surface area contributed by atoms with Crippen molar-refractivity contribution >= 4 is 40.6 Å². The Bertz CT molecular complexity index is 897. The van der Waals surface area contributed by atoms with E-state index in [1.165, 1.54) is 31.4 Å². The fraction of sp³-hybridized carbons (Fsp3) is 0.560. The molecule has 0 radical (unpaired) electrons. The topological polar surface area (TPSA) is 68.8 Å². The second-order valence-electron chi connectivity index (χ2n) is 8.85. The predicted molar refractivity (Wildman–Crippen MR) is 144 cm³/mol. The van der Waals surface area contributed by atoms with E-state index >= 15 is 0 Å². The minimum Gasteiger partial charge on any atom is -0.385 e. The lowest BCUT2D eigenvalue weighted by Gasteiger charge is -2.37. The van der Waals surface area contributed by atoms with Crippen LogP contribution < -0.4 is 25.3 Å². The summed E-state index contributed by atoms with van der Waals surface area (Å²) in [5, 5.41) is 6.99. The van der Waals surface area contributed by atoms with Crippen molar-refractivity contribution in [3.05, 3.63) is 36.4 Å². The van der Waals surface area contributed by atoms with Crippen LogP contribution in [0, 0.1) is 0 Å². The Morgan fingerprint density at radius 2 is 1.50 bits per heavy atom. The lowest BCUT2D eigenvalue weighted by atomic mass is 10.2. The lowest BCUT2D eigenvalue weighted by molar-refractivity contribution is 0.196.